The van der Waals surface area contributed by atoms with Gasteiger partial charge in [0, 0.05) is 19.1 Å². The van der Waals surface area contributed by atoms with Crippen molar-refractivity contribution < 1.29 is 0 Å². The van der Waals surface area contributed by atoms with Crippen molar-refractivity contribution in [2.45, 2.75) is 32.4 Å². The molecule has 1 fully saturated rings. The summed E-state index contributed by atoms with van der Waals surface area (Å²) in [4.78, 5) is 2.54. The number of nitrogens with one attached hydrogen (secondary N) is 1. The molecule has 4 heteroatoms. The van der Waals surface area contributed by atoms with Crippen molar-refractivity contribution >= 4 is 23.2 Å². The molecule has 0 bridgehead atoms. The summed E-state index contributed by atoms with van der Waals surface area (Å²) in [6.07, 6.45) is 2.42. The molecule has 0 radical (unpaired) electrons. The number of hydrogen-bond acceptors (Lipinski definition) is 2. The van der Waals surface area contributed by atoms with Crippen molar-refractivity contribution in [3.05, 3.63) is 33.8 Å². The highest BCUT2D eigenvalue weighted by atomic mass is 35.5. The summed E-state index contributed by atoms with van der Waals surface area (Å²) >= 11 is 12.0. The zero-order chi connectivity index (χ0) is 13.0. The highest BCUT2D eigenvalue weighted by molar-refractivity contribution is 6.42. The second-order valence-electron chi connectivity index (χ2n) is 4.87. The van der Waals surface area contributed by atoms with Gasteiger partial charge in [-0.05, 0) is 43.6 Å². The van der Waals surface area contributed by atoms with Gasteiger partial charge in [0.2, 0.25) is 0 Å². The first kappa shape index (κ1) is 14.1. The Morgan fingerprint density at radius 3 is 2.78 bits per heavy atom. The maximum atomic E-state index is 6.07. The van der Waals surface area contributed by atoms with E-state index in [4.69, 9.17) is 23.2 Å². The molecule has 1 saturated heterocycles. The summed E-state index contributed by atoms with van der Waals surface area (Å²) in [5, 5.41) is 4.71. The van der Waals surface area contributed by atoms with Crippen LogP contribution in [0.1, 0.15) is 25.3 Å². The number of hydrogen-bond donors (Lipinski definition) is 1. The Hall–Kier alpha value is -0.280. The van der Waals surface area contributed by atoms with Crippen LogP contribution in [0.15, 0.2) is 18.2 Å². The van der Waals surface area contributed by atoms with Gasteiger partial charge in [0.1, 0.15) is 0 Å². The molecule has 1 N–H and O–H groups in total. The summed E-state index contributed by atoms with van der Waals surface area (Å²) in [6.45, 7) is 6.54. The van der Waals surface area contributed by atoms with Crippen LogP contribution in [0.3, 0.4) is 0 Å². The lowest BCUT2D eigenvalue weighted by atomic mass is 10.1. The van der Waals surface area contributed by atoms with E-state index in [0.29, 0.717) is 16.1 Å². The lowest BCUT2D eigenvalue weighted by Gasteiger charge is -2.28. The molecule has 0 saturated carbocycles. The third-order valence-corrected chi connectivity index (χ3v) is 4.17. The van der Waals surface area contributed by atoms with E-state index in [1.54, 1.807) is 0 Å². The second-order valence-corrected chi connectivity index (χ2v) is 5.68. The van der Waals surface area contributed by atoms with Gasteiger partial charge in [0.05, 0.1) is 10.0 Å². The van der Waals surface area contributed by atoms with Crippen molar-refractivity contribution in [2.75, 3.05) is 19.6 Å². The van der Waals surface area contributed by atoms with Crippen molar-refractivity contribution in [2.24, 2.45) is 0 Å². The zero-order valence-electron chi connectivity index (χ0n) is 10.8. The Bertz CT molecular complexity index is 389. The molecule has 1 aliphatic heterocycles. The Labute approximate surface area is 119 Å². The molecule has 1 heterocycles. The third kappa shape index (κ3) is 3.61. The van der Waals surface area contributed by atoms with E-state index in [9.17, 15) is 0 Å². The minimum Gasteiger partial charge on any atom is -0.315 e. The van der Waals surface area contributed by atoms with E-state index in [1.807, 2.05) is 12.1 Å². The minimum absolute atomic E-state index is 0.630. The number of benzene rings is 1. The topological polar surface area (TPSA) is 15.3 Å². The third-order valence-electron chi connectivity index (χ3n) is 3.43. The smallest absolute Gasteiger partial charge is 0.0595 e. The van der Waals surface area contributed by atoms with Crippen LogP contribution in [-0.4, -0.2) is 30.6 Å². The quantitative estimate of drug-likeness (QED) is 0.890. The lowest BCUT2D eigenvalue weighted by molar-refractivity contribution is 0.199. The maximum Gasteiger partial charge on any atom is 0.0595 e. The zero-order valence-corrected chi connectivity index (χ0v) is 12.3. The van der Waals surface area contributed by atoms with E-state index in [-0.39, 0.29) is 0 Å². The second kappa shape index (κ2) is 6.76. The normalized spacial score (nSPS) is 19.7. The van der Waals surface area contributed by atoms with Gasteiger partial charge >= 0.3 is 0 Å². The first-order chi connectivity index (χ1) is 8.70. The molecule has 100 valence electrons. The van der Waals surface area contributed by atoms with Gasteiger partial charge in [0.15, 0.2) is 0 Å². The van der Waals surface area contributed by atoms with Gasteiger partial charge < -0.3 is 5.32 Å². The maximum absolute atomic E-state index is 6.07. The van der Waals surface area contributed by atoms with Crippen LogP contribution in [0, 0.1) is 0 Å². The van der Waals surface area contributed by atoms with Crippen LogP contribution in [-0.2, 0) is 6.54 Å². The predicted octanol–water partition coefficient (Wildman–Crippen LogP) is 3.57. The van der Waals surface area contributed by atoms with E-state index < -0.39 is 0 Å². The molecule has 2 nitrogen and oxygen atoms in total. The van der Waals surface area contributed by atoms with Gasteiger partial charge in [-0.2, -0.15) is 0 Å². The fraction of sp³-hybridized carbons (Fsp3) is 0.571. The monoisotopic (exact) mass is 286 g/mol. The van der Waals surface area contributed by atoms with E-state index in [0.717, 1.165) is 26.2 Å². The first-order valence-corrected chi connectivity index (χ1v) is 7.35. The Kier molecular flexibility index (Phi) is 5.31. The summed E-state index contributed by atoms with van der Waals surface area (Å²) < 4.78 is 0. The number of halogens is 2. The van der Waals surface area contributed by atoms with Crippen molar-refractivity contribution in [3.63, 3.8) is 0 Å². The van der Waals surface area contributed by atoms with Crippen molar-refractivity contribution in [1.29, 1.82) is 0 Å². The average Bonchev–Trinajstić information content (AvgIpc) is 2.87. The first-order valence-electron chi connectivity index (χ1n) is 6.59. The fourth-order valence-corrected chi connectivity index (χ4v) is 2.82. The number of rotatable bonds is 5. The van der Waals surface area contributed by atoms with Crippen LogP contribution in [0.5, 0.6) is 0 Å². The SMILES string of the molecule is CCCN(Cc1ccc(Cl)c(Cl)c1)[C@H]1CCNC1. The summed E-state index contributed by atoms with van der Waals surface area (Å²) in [6, 6.07) is 6.59. The largest absolute Gasteiger partial charge is 0.315 e. The summed E-state index contributed by atoms with van der Waals surface area (Å²) in [5.74, 6) is 0. The van der Waals surface area contributed by atoms with Crippen LogP contribution in [0.2, 0.25) is 10.0 Å². The molecule has 1 aromatic rings. The van der Waals surface area contributed by atoms with Crippen LogP contribution in [0.25, 0.3) is 0 Å². The standard InChI is InChI=1S/C14H20Cl2N2/c1-2-7-18(12-5-6-17-9-12)10-11-3-4-13(15)14(16)8-11/h3-4,8,12,17H,2,5-7,9-10H2,1H3/t12-/m0/s1. The van der Waals surface area contributed by atoms with Crippen LogP contribution < -0.4 is 5.32 Å². The van der Waals surface area contributed by atoms with Gasteiger partial charge in [-0.15, -0.1) is 0 Å². The Balaban J connectivity index is 2.04. The molecule has 0 spiro atoms. The van der Waals surface area contributed by atoms with Crippen molar-refractivity contribution in [3.8, 4) is 0 Å². The van der Waals surface area contributed by atoms with E-state index in [2.05, 4.69) is 23.2 Å². The highest BCUT2D eigenvalue weighted by Gasteiger charge is 2.21. The minimum atomic E-state index is 0.630. The van der Waals surface area contributed by atoms with Crippen LogP contribution in [0.4, 0.5) is 0 Å². The molecule has 0 aliphatic carbocycles. The van der Waals surface area contributed by atoms with E-state index >= 15 is 0 Å². The van der Waals surface area contributed by atoms with Gasteiger partial charge in [-0.3, -0.25) is 4.90 Å². The molecule has 1 atom stereocenters. The Morgan fingerprint density at radius 2 is 2.17 bits per heavy atom. The molecule has 0 amide bonds. The molecule has 0 unspecified atom stereocenters. The Morgan fingerprint density at radius 1 is 1.33 bits per heavy atom. The molecule has 2 rings (SSSR count). The van der Waals surface area contributed by atoms with Gasteiger partial charge in [0.25, 0.3) is 0 Å². The molecule has 1 aliphatic rings. The van der Waals surface area contributed by atoms with Crippen LogP contribution >= 0.6 is 23.2 Å². The van der Waals surface area contributed by atoms with Gasteiger partial charge in [-0.1, -0.05) is 36.2 Å². The predicted molar refractivity (Wildman–Crippen MR) is 78.4 cm³/mol. The molecule has 0 aromatic heterocycles. The van der Waals surface area contributed by atoms with E-state index in [1.165, 1.54) is 18.4 Å². The highest BCUT2D eigenvalue weighted by Crippen LogP contribution is 2.24. The summed E-state index contributed by atoms with van der Waals surface area (Å²) in [7, 11) is 0. The fourth-order valence-electron chi connectivity index (χ4n) is 2.50. The molecule has 18 heavy (non-hydrogen) atoms. The van der Waals surface area contributed by atoms with Crippen molar-refractivity contribution in [1.82, 2.24) is 10.2 Å². The summed E-state index contributed by atoms with van der Waals surface area (Å²) in [5.41, 5.74) is 1.24. The number of nitrogens with zero attached hydrogens (tertiary/aromatic N) is 1. The van der Waals surface area contributed by atoms with Gasteiger partial charge in [-0.25, -0.2) is 0 Å². The molecular formula is C14H20Cl2N2. The lowest BCUT2D eigenvalue weighted by Crippen LogP contribution is -2.36. The molecule has 1 aromatic carbocycles. The molecular weight excluding hydrogens is 267 g/mol. The average molecular weight is 287 g/mol.